The number of benzene rings is 1. The fourth-order valence-corrected chi connectivity index (χ4v) is 3.83. The van der Waals surface area contributed by atoms with Gasteiger partial charge in [0.25, 0.3) is 5.91 Å². The van der Waals surface area contributed by atoms with Crippen LogP contribution >= 0.6 is 0 Å². The lowest BCUT2D eigenvalue weighted by atomic mass is 9.70. The van der Waals surface area contributed by atoms with E-state index in [0.717, 1.165) is 37.1 Å². The second-order valence-electron chi connectivity index (χ2n) is 6.57. The molecule has 0 radical (unpaired) electrons. The molecule has 6 heteroatoms. The first-order valence-corrected chi connectivity index (χ1v) is 8.36. The van der Waals surface area contributed by atoms with Crippen LogP contribution in [0, 0.1) is 5.82 Å². The van der Waals surface area contributed by atoms with Gasteiger partial charge in [0.15, 0.2) is 6.10 Å². The molecule has 4 rings (SSSR count). The number of H-pyrrole nitrogens is 1. The fourth-order valence-electron chi connectivity index (χ4n) is 3.83. The van der Waals surface area contributed by atoms with Crippen LogP contribution < -0.4 is 4.74 Å². The van der Waals surface area contributed by atoms with Crippen molar-refractivity contribution in [1.29, 1.82) is 0 Å². The van der Waals surface area contributed by atoms with Gasteiger partial charge in [-0.1, -0.05) is 6.07 Å². The van der Waals surface area contributed by atoms with Gasteiger partial charge in [-0.3, -0.25) is 4.79 Å². The number of ether oxygens (including phenoxy) is 1. The molecule has 24 heavy (non-hydrogen) atoms. The molecule has 2 aromatic rings. The van der Waals surface area contributed by atoms with Crippen molar-refractivity contribution in [3.8, 4) is 5.75 Å². The first-order chi connectivity index (χ1) is 11.6. The van der Waals surface area contributed by atoms with E-state index in [4.69, 9.17) is 4.74 Å². The van der Waals surface area contributed by atoms with Crippen LogP contribution in [0.3, 0.4) is 0 Å². The molecule has 1 aromatic heterocycles. The number of fused-ring (bicyclic) bond motifs is 2. The summed E-state index contributed by atoms with van der Waals surface area (Å²) in [5, 5.41) is 0. The van der Waals surface area contributed by atoms with E-state index in [1.54, 1.807) is 25.4 Å². The molecule has 1 unspecified atom stereocenters. The van der Waals surface area contributed by atoms with Crippen molar-refractivity contribution in [3.63, 3.8) is 0 Å². The fraction of sp³-hybridized carbons (Fsp3) is 0.444. The third kappa shape index (κ3) is 2.28. The highest BCUT2D eigenvalue weighted by Gasteiger charge is 2.51. The number of hydrogen-bond donors (Lipinski definition) is 1. The highest BCUT2D eigenvalue weighted by Crippen LogP contribution is 2.49. The van der Waals surface area contributed by atoms with Crippen molar-refractivity contribution in [2.75, 3.05) is 6.54 Å². The Bertz CT molecular complexity index is 769. The van der Waals surface area contributed by atoms with Crippen LogP contribution in [-0.4, -0.2) is 33.4 Å². The molecule has 1 amide bonds. The first-order valence-electron chi connectivity index (χ1n) is 8.36. The number of amides is 1. The zero-order valence-electron chi connectivity index (χ0n) is 13.6. The minimum Gasteiger partial charge on any atom is -0.481 e. The molecule has 1 aromatic carbocycles. The standard InChI is InChI=1S/C18H20FN3O2/c1-12(24-14-5-2-4-13(19)10-14)17(23)22-9-6-15-16(21-11-20-15)18(22)7-3-8-18/h2,4-5,10-12H,3,6-9H2,1H3,(H,20,21). The summed E-state index contributed by atoms with van der Waals surface area (Å²) in [6, 6.07) is 5.89. The van der Waals surface area contributed by atoms with Crippen molar-refractivity contribution >= 4 is 5.91 Å². The number of aromatic nitrogens is 2. The van der Waals surface area contributed by atoms with E-state index in [1.807, 2.05) is 4.90 Å². The van der Waals surface area contributed by atoms with E-state index in [1.165, 1.54) is 12.1 Å². The second-order valence-corrected chi connectivity index (χ2v) is 6.57. The molecular weight excluding hydrogens is 309 g/mol. The lowest BCUT2D eigenvalue weighted by Gasteiger charge is -2.52. The molecule has 5 nitrogen and oxygen atoms in total. The smallest absolute Gasteiger partial charge is 0.264 e. The zero-order chi connectivity index (χ0) is 16.7. The molecule has 1 spiro atoms. The van der Waals surface area contributed by atoms with E-state index in [2.05, 4.69) is 9.97 Å². The van der Waals surface area contributed by atoms with Gasteiger partial charge in [-0.25, -0.2) is 9.37 Å². The number of rotatable bonds is 3. The quantitative estimate of drug-likeness (QED) is 0.942. The highest BCUT2D eigenvalue weighted by atomic mass is 19.1. The third-order valence-electron chi connectivity index (χ3n) is 5.16. The van der Waals surface area contributed by atoms with E-state index in [0.29, 0.717) is 12.3 Å². The number of imidazole rings is 1. The second kappa shape index (κ2) is 5.61. The Labute approximate surface area is 139 Å². The molecule has 0 bridgehead atoms. The van der Waals surface area contributed by atoms with E-state index in [9.17, 15) is 9.18 Å². The van der Waals surface area contributed by atoms with Crippen molar-refractivity contribution in [2.24, 2.45) is 0 Å². The number of halogens is 1. The Balaban J connectivity index is 1.56. The maximum absolute atomic E-state index is 13.3. The van der Waals surface area contributed by atoms with Crippen molar-refractivity contribution < 1.29 is 13.9 Å². The van der Waals surface area contributed by atoms with Crippen LogP contribution in [0.15, 0.2) is 30.6 Å². The average Bonchev–Trinajstić information content (AvgIpc) is 3.00. The van der Waals surface area contributed by atoms with E-state index >= 15 is 0 Å². The van der Waals surface area contributed by atoms with Crippen LogP contribution in [0.1, 0.15) is 37.6 Å². The molecule has 1 aliphatic carbocycles. The van der Waals surface area contributed by atoms with Crippen molar-refractivity contribution in [2.45, 2.75) is 44.2 Å². The molecule has 1 aliphatic heterocycles. The number of carbonyl (C=O) groups excluding carboxylic acids is 1. The summed E-state index contributed by atoms with van der Waals surface area (Å²) >= 11 is 0. The highest BCUT2D eigenvalue weighted by molar-refractivity contribution is 5.82. The zero-order valence-corrected chi connectivity index (χ0v) is 13.6. The van der Waals surface area contributed by atoms with E-state index < -0.39 is 6.10 Å². The third-order valence-corrected chi connectivity index (χ3v) is 5.16. The Hall–Kier alpha value is -2.37. The maximum atomic E-state index is 13.3. The first kappa shape index (κ1) is 15.2. The predicted molar refractivity (Wildman–Crippen MR) is 86.0 cm³/mol. The predicted octanol–water partition coefficient (Wildman–Crippen LogP) is 2.78. The van der Waals surface area contributed by atoms with Crippen LogP contribution in [0.2, 0.25) is 0 Å². The number of carbonyl (C=O) groups is 1. The molecule has 1 saturated carbocycles. The Morgan fingerprint density at radius 3 is 3.00 bits per heavy atom. The van der Waals surface area contributed by atoms with Gasteiger partial charge in [0.2, 0.25) is 0 Å². The maximum Gasteiger partial charge on any atom is 0.264 e. The van der Waals surface area contributed by atoms with Gasteiger partial charge in [-0.15, -0.1) is 0 Å². The summed E-state index contributed by atoms with van der Waals surface area (Å²) < 4.78 is 19.0. The van der Waals surface area contributed by atoms with Gasteiger partial charge in [0.05, 0.1) is 17.6 Å². The van der Waals surface area contributed by atoms with Crippen LogP contribution in [0.5, 0.6) is 5.75 Å². The summed E-state index contributed by atoms with van der Waals surface area (Å²) in [7, 11) is 0. The van der Waals surface area contributed by atoms with Crippen molar-refractivity contribution in [1.82, 2.24) is 14.9 Å². The largest absolute Gasteiger partial charge is 0.481 e. The summed E-state index contributed by atoms with van der Waals surface area (Å²) in [4.78, 5) is 22.6. The Morgan fingerprint density at radius 1 is 1.46 bits per heavy atom. The molecule has 0 saturated heterocycles. The Kier molecular flexibility index (Phi) is 3.55. The lowest BCUT2D eigenvalue weighted by molar-refractivity contribution is -0.151. The van der Waals surface area contributed by atoms with Crippen LogP contribution in [-0.2, 0) is 16.8 Å². The summed E-state index contributed by atoms with van der Waals surface area (Å²) in [5.74, 6) is -0.0645. The van der Waals surface area contributed by atoms with Gasteiger partial charge in [0, 0.05) is 24.7 Å². The van der Waals surface area contributed by atoms with Gasteiger partial charge >= 0.3 is 0 Å². The summed E-state index contributed by atoms with van der Waals surface area (Å²) in [6.07, 6.45) is 4.78. The van der Waals surface area contributed by atoms with Crippen LogP contribution in [0.25, 0.3) is 0 Å². The molecule has 2 heterocycles. The average molecular weight is 329 g/mol. The van der Waals surface area contributed by atoms with Crippen molar-refractivity contribution in [3.05, 3.63) is 47.8 Å². The molecule has 1 atom stereocenters. The number of hydrogen-bond acceptors (Lipinski definition) is 3. The van der Waals surface area contributed by atoms with Gasteiger partial charge in [-0.2, -0.15) is 0 Å². The molecular formula is C18H20FN3O2. The molecule has 2 aliphatic rings. The molecule has 1 N–H and O–H groups in total. The van der Waals surface area contributed by atoms with E-state index in [-0.39, 0.29) is 17.3 Å². The Morgan fingerprint density at radius 2 is 2.29 bits per heavy atom. The topological polar surface area (TPSA) is 58.2 Å². The minimum atomic E-state index is -0.662. The normalized spacial score (nSPS) is 19.5. The van der Waals surface area contributed by atoms with Gasteiger partial charge in [-0.05, 0) is 38.3 Å². The summed E-state index contributed by atoms with van der Waals surface area (Å²) in [5.41, 5.74) is 1.85. The molecule has 126 valence electrons. The van der Waals surface area contributed by atoms with Gasteiger partial charge < -0.3 is 14.6 Å². The monoisotopic (exact) mass is 329 g/mol. The van der Waals surface area contributed by atoms with Gasteiger partial charge in [0.1, 0.15) is 11.6 Å². The summed E-state index contributed by atoms with van der Waals surface area (Å²) in [6.45, 7) is 2.38. The number of nitrogens with one attached hydrogen (secondary N) is 1. The van der Waals surface area contributed by atoms with Crippen LogP contribution in [0.4, 0.5) is 4.39 Å². The number of aromatic amines is 1. The number of nitrogens with zero attached hydrogens (tertiary/aromatic N) is 2. The lowest BCUT2D eigenvalue weighted by Crippen LogP contribution is -2.59. The minimum absolute atomic E-state index is 0.0624. The SMILES string of the molecule is CC(Oc1cccc(F)c1)C(=O)N1CCc2[nH]cnc2C12CCC2. The molecule has 1 fully saturated rings.